The largest absolute Gasteiger partial charge is 0.334 e. The third-order valence-corrected chi connectivity index (χ3v) is 4.17. The molecular formula is C14H16N4O. The molecule has 2 aromatic rings. The normalized spacial score (nSPS) is 25.4. The zero-order valence-corrected chi connectivity index (χ0v) is 10.8. The van der Waals surface area contributed by atoms with Crippen LogP contribution in [0.3, 0.4) is 0 Å². The summed E-state index contributed by atoms with van der Waals surface area (Å²) in [4.78, 5) is 14.6. The molecule has 5 rings (SSSR count). The van der Waals surface area contributed by atoms with E-state index in [9.17, 15) is 4.79 Å². The lowest BCUT2D eigenvalue weighted by molar-refractivity contribution is 0.0469. The second kappa shape index (κ2) is 3.81. The van der Waals surface area contributed by atoms with E-state index in [1.807, 2.05) is 36.2 Å². The number of rotatable bonds is 1. The molecule has 5 heteroatoms. The van der Waals surface area contributed by atoms with E-state index in [1.54, 1.807) is 4.68 Å². The number of aryl methyl sites for hydroxylation is 1. The van der Waals surface area contributed by atoms with Gasteiger partial charge in [-0.15, -0.1) is 0 Å². The Balaban J connectivity index is 1.72. The molecule has 2 unspecified atom stereocenters. The van der Waals surface area contributed by atoms with E-state index in [1.165, 1.54) is 6.42 Å². The molecule has 3 aliphatic heterocycles. The molecule has 4 heterocycles. The van der Waals surface area contributed by atoms with Crippen molar-refractivity contribution in [2.75, 3.05) is 13.1 Å². The monoisotopic (exact) mass is 256 g/mol. The fraction of sp³-hybridized carbons (Fsp3) is 0.429. The number of piperidine rings is 1. The number of carbonyl (C=O) groups excluding carboxylic acids is 1. The van der Waals surface area contributed by atoms with Crippen LogP contribution >= 0.6 is 0 Å². The molecule has 3 fully saturated rings. The Hall–Kier alpha value is -1.88. The number of hydrogen-bond donors (Lipinski definition) is 1. The second-order valence-electron chi connectivity index (χ2n) is 5.50. The molecule has 1 aromatic heterocycles. The van der Waals surface area contributed by atoms with E-state index in [-0.39, 0.29) is 5.91 Å². The molecule has 1 N–H and O–H groups in total. The Kier molecular flexibility index (Phi) is 2.20. The molecule has 2 bridgehead atoms. The number of hydrogen-bond acceptors (Lipinski definition) is 3. The first-order chi connectivity index (χ1) is 9.22. The van der Waals surface area contributed by atoms with Gasteiger partial charge in [0.2, 0.25) is 0 Å². The Morgan fingerprint density at radius 3 is 2.74 bits per heavy atom. The predicted octanol–water partition coefficient (Wildman–Crippen LogP) is 0.760. The Bertz CT molecular complexity index is 647. The second-order valence-corrected chi connectivity index (χ2v) is 5.50. The highest BCUT2D eigenvalue weighted by atomic mass is 16.2. The maximum absolute atomic E-state index is 12.6. The number of benzene rings is 1. The molecular weight excluding hydrogens is 240 g/mol. The summed E-state index contributed by atoms with van der Waals surface area (Å²) >= 11 is 0. The number of amides is 1. The topological polar surface area (TPSA) is 50.2 Å². The first-order valence-corrected chi connectivity index (χ1v) is 6.69. The molecule has 0 saturated carbocycles. The van der Waals surface area contributed by atoms with Crippen LogP contribution in [0.2, 0.25) is 0 Å². The number of piperazine rings is 1. The molecule has 1 aromatic carbocycles. The zero-order valence-electron chi connectivity index (χ0n) is 10.8. The van der Waals surface area contributed by atoms with Crippen molar-refractivity contribution < 1.29 is 4.79 Å². The van der Waals surface area contributed by atoms with Crippen molar-refractivity contribution in [3.8, 4) is 0 Å². The van der Waals surface area contributed by atoms with Gasteiger partial charge in [0.1, 0.15) is 0 Å². The number of aromatic nitrogens is 2. The highest BCUT2D eigenvalue weighted by Crippen LogP contribution is 2.24. The SMILES string of the molecule is Cn1nc(C(=O)N2CC3CC(C2)N3)c2ccccc21. The Labute approximate surface area is 111 Å². The molecule has 0 aliphatic carbocycles. The highest BCUT2D eigenvalue weighted by molar-refractivity contribution is 6.04. The van der Waals surface area contributed by atoms with E-state index < -0.39 is 0 Å². The summed E-state index contributed by atoms with van der Waals surface area (Å²) in [7, 11) is 1.88. The maximum atomic E-state index is 12.6. The number of para-hydroxylation sites is 1. The fourth-order valence-electron chi connectivity index (χ4n) is 3.20. The van der Waals surface area contributed by atoms with Gasteiger partial charge in [0.05, 0.1) is 5.52 Å². The molecule has 5 nitrogen and oxygen atoms in total. The van der Waals surface area contributed by atoms with E-state index in [4.69, 9.17) is 0 Å². The van der Waals surface area contributed by atoms with Gasteiger partial charge in [-0.25, -0.2) is 0 Å². The first kappa shape index (κ1) is 11.0. The molecule has 0 radical (unpaired) electrons. The van der Waals surface area contributed by atoms with Gasteiger partial charge < -0.3 is 10.2 Å². The lowest BCUT2D eigenvalue weighted by Crippen LogP contribution is -2.67. The van der Waals surface area contributed by atoms with Gasteiger partial charge in [0.15, 0.2) is 5.69 Å². The predicted molar refractivity (Wildman–Crippen MR) is 71.9 cm³/mol. The van der Waals surface area contributed by atoms with Crippen molar-refractivity contribution in [2.24, 2.45) is 7.05 Å². The average molecular weight is 256 g/mol. The van der Waals surface area contributed by atoms with Gasteiger partial charge in [-0.2, -0.15) is 5.10 Å². The smallest absolute Gasteiger partial charge is 0.275 e. The summed E-state index contributed by atoms with van der Waals surface area (Å²) in [6.07, 6.45) is 1.20. The third-order valence-electron chi connectivity index (χ3n) is 4.17. The van der Waals surface area contributed by atoms with Crippen LogP contribution in [0.15, 0.2) is 24.3 Å². The number of nitrogens with zero attached hydrogens (tertiary/aromatic N) is 3. The lowest BCUT2D eigenvalue weighted by atomic mass is 9.91. The Morgan fingerprint density at radius 2 is 2.00 bits per heavy atom. The van der Waals surface area contributed by atoms with Crippen LogP contribution < -0.4 is 5.32 Å². The molecule has 19 heavy (non-hydrogen) atoms. The van der Waals surface area contributed by atoms with Gasteiger partial charge >= 0.3 is 0 Å². The van der Waals surface area contributed by atoms with Crippen LogP contribution in [0.25, 0.3) is 10.9 Å². The number of nitrogens with one attached hydrogen (secondary N) is 1. The minimum Gasteiger partial charge on any atom is -0.334 e. The van der Waals surface area contributed by atoms with Crippen molar-refractivity contribution >= 4 is 16.8 Å². The van der Waals surface area contributed by atoms with Crippen LogP contribution in [-0.4, -0.2) is 45.8 Å². The number of fused-ring (bicyclic) bond motifs is 3. The van der Waals surface area contributed by atoms with Crippen molar-refractivity contribution in [1.82, 2.24) is 20.0 Å². The van der Waals surface area contributed by atoms with Crippen molar-refractivity contribution in [3.05, 3.63) is 30.0 Å². The summed E-state index contributed by atoms with van der Waals surface area (Å²) < 4.78 is 1.78. The summed E-state index contributed by atoms with van der Waals surface area (Å²) in [5.74, 6) is 0.0630. The van der Waals surface area contributed by atoms with Crippen molar-refractivity contribution in [1.29, 1.82) is 0 Å². The highest BCUT2D eigenvalue weighted by Gasteiger charge is 2.39. The quantitative estimate of drug-likeness (QED) is 0.819. The fourth-order valence-corrected chi connectivity index (χ4v) is 3.20. The van der Waals surface area contributed by atoms with Gasteiger partial charge in [-0.3, -0.25) is 9.48 Å². The van der Waals surface area contributed by atoms with E-state index in [2.05, 4.69) is 10.4 Å². The van der Waals surface area contributed by atoms with E-state index >= 15 is 0 Å². The van der Waals surface area contributed by atoms with Crippen LogP contribution in [0.4, 0.5) is 0 Å². The van der Waals surface area contributed by atoms with Gasteiger partial charge in [0.25, 0.3) is 5.91 Å². The Morgan fingerprint density at radius 1 is 1.32 bits per heavy atom. The summed E-state index contributed by atoms with van der Waals surface area (Å²) in [6.45, 7) is 1.61. The number of carbonyl (C=O) groups is 1. The summed E-state index contributed by atoms with van der Waals surface area (Å²) in [5, 5.41) is 8.79. The molecule has 3 saturated heterocycles. The summed E-state index contributed by atoms with van der Waals surface area (Å²) in [5.41, 5.74) is 1.59. The lowest BCUT2D eigenvalue weighted by Gasteiger charge is -2.48. The van der Waals surface area contributed by atoms with Crippen molar-refractivity contribution in [2.45, 2.75) is 18.5 Å². The van der Waals surface area contributed by atoms with E-state index in [0.29, 0.717) is 17.8 Å². The molecule has 98 valence electrons. The first-order valence-electron chi connectivity index (χ1n) is 6.69. The van der Waals surface area contributed by atoms with Gasteiger partial charge in [-0.05, 0) is 12.5 Å². The molecule has 2 atom stereocenters. The van der Waals surface area contributed by atoms with E-state index in [0.717, 1.165) is 24.0 Å². The zero-order chi connectivity index (χ0) is 13.0. The third kappa shape index (κ3) is 1.58. The van der Waals surface area contributed by atoms with Crippen LogP contribution in [0, 0.1) is 0 Å². The van der Waals surface area contributed by atoms with Crippen LogP contribution in [0.5, 0.6) is 0 Å². The molecule has 1 amide bonds. The average Bonchev–Trinajstić information content (AvgIpc) is 2.75. The molecule has 0 spiro atoms. The maximum Gasteiger partial charge on any atom is 0.275 e. The van der Waals surface area contributed by atoms with Crippen LogP contribution in [-0.2, 0) is 7.05 Å². The minimum atomic E-state index is 0.0630. The van der Waals surface area contributed by atoms with Gasteiger partial charge in [-0.1, -0.05) is 18.2 Å². The van der Waals surface area contributed by atoms with Crippen molar-refractivity contribution in [3.63, 3.8) is 0 Å². The summed E-state index contributed by atoms with van der Waals surface area (Å²) in [6, 6.07) is 8.86. The minimum absolute atomic E-state index is 0.0630. The molecule has 3 aliphatic rings. The van der Waals surface area contributed by atoms with Gasteiger partial charge in [0, 0.05) is 37.6 Å². The standard InChI is InChI=1S/C14H16N4O/c1-17-12-5-3-2-4-11(12)13(16-17)14(19)18-7-9-6-10(8-18)15-9/h2-5,9-10,15H,6-8H2,1H3. The van der Waals surface area contributed by atoms with Crippen LogP contribution in [0.1, 0.15) is 16.9 Å².